The molecule has 0 aliphatic carbocycles. The Morgan fingerprint density at radius 2 is 1.29 bits per heavy atom. The third-order valence-corrected chi connectivity index (χ3v) is 13.7. The molecule has 94 valence electrons. The Labute approximate surface area is 104 Å². The van der Waals surface area contributed by atoms with Crippen molar-refractivity contribution < 1.29 is 8.78 Å². The number of benzene rings is 1. The van der Waals surface area contributed by atoms with Crippen molar-refractivity contribution in [3.63, 3.8) is 0 Å². The second-order valence-corrected chi connectivity index (χ2v) is 15.7. The fourth-order valence-corrected chi connectivity index (χ4v) is 17.2. The topological polar surface area (TPSA) is 3.24 Å². The van der Waals surface area contributed by atoms with Crippen LogP contribution in [-0.4, -0.2) is 16.5 Å². The van der Waals surface area contributed by atoms with Gasteiger partial charge in [0.15, 0.2) is 0 Å². The molecule has 1 aliphatic heterocycles. The molecule has 0 atom stereocenters. The largest absolute Gasteiger partial charge is 0.424 e. The van der Waals surface area contributed by atoms with Gasteiger partial charge < -0.3 is 4.23 Å². The summed E-state index contributed by atoms with van der Waals surface area (Å²) in [6.45, 7) is 9.16. The Balaban J connectivity index is 2.50. The molecule has 0 radical (unpaired) electrons. The highest BCUT2D eigenvalue weighted by Crippen LogP contribution is 2.40. The van der Waals surface area contributed by atoms with Crippen molar-refractivity contribution >= 4 is 22.2 Å². The highest BCUT2D eigenvalue weighted by Gasteiger charge is 2.47. The van der Waals surface area contributed by atoms with E-state index in [1.54, 1.807) is 0 Å². The first kappa shape index (κ1) is 12.8. The molecule has 1 aromatic carbocycles. The lowest BCUT2D eigenvalue weighted by molar-refractivity contribution is 0.584. The average Bonchev–Trinajstić information content (AvgIpc) is 2.33. The number of halogens is 2. The summed E-state index contributed by atoms with van der Waals surface area (Å²) in [4.78, 5) is 0. The smallest absolute Gasteiger partial charge is 0.141 e. The first-order valence-corrected chi connectivity index (χ1v) is 12.3. The second kappa shape index (κ2) is 3.91. The Morgan fingerprint density at radius 3 is 1.71 bits per heavy atom. The molecule has 0 N–H and O–H groups in total. The van der Waals surface area contributed by atoms with E-state index in [9.17, 15) is 8.78 Å². The van der Waals surface area contributed by atoms with Gasteiger partial charge in [-0.2, -0.15) is 0 Å². The van der Waals surface area contributed by atoms with E-state index in [-0.39, 0.29) is 0 Å². The van der Waals surface area contributed by atoms with E-state index in [0.717, 1.165) is 11.8 Å². The number of nitrogens with zero attached hydrogens (tertiary/aromatic N) is 1. The lowest BCUT2D eigenvalue weighted by Crippen LogP contribution is -2.55. The van der Waals surface area contributed by atoms with Crippen LogP contribution in [0, 0.1) is 11.6 Å². The lowest BCUT2D eigenvalue weighted by atomic mass is 10.3. The number of anilines is 1. The first-order chi connectivity index (χ1) is 7.72. The fourth-order valence-electron chi connectivity index (χ4n) is 3.02. The van der Waals surface area contributed by atoms with Crippen LogP contribution in [-0.2, 0) is 0 Å². The predicted molar refractivity (Wildman–Crippen MR) is 73.4 cm³/mol. The van der Waals surface area contributed by atoms with Crippen LogP contribution in [0.15, 0.2) is 18.2 Å². The van der Waals surface area contributed by atoms with Gasteiger partial charge in [0.25, 0.3) is 0 Å². The third kappa shape index (κ3) is 2.31. The normalized spacial score (nSPS) is 21.9. The summed E-state index contributed by atoms with van der Waals surface area (Å²) in [5.41, 5.74) is 0.758. The fraction of sp³-hybridized carbons (Fsp3) is 0.500. The molecule has 0 spiro atoms. The average molecular weight is 271 g/mol. The van der Waals surface area contributed by atoms with E-state index in [2.05, 4.69) is 30.4 Å². The van der Waals surface area contributed by atoms with Crippen LogP contribution in [0.4, 0.5) is 14.5 Å². The third-order valence-electron chi connectivity index (χ3n) is 3.66. The van der Waals surface area contributed by atoms with Gasteiger partial charge in [0.05, 0.1) is 0 Å². The molecular formula is C12H19F2NSi2. The maximum atomic E-state index is 13.3. The van der Waals surface area contributed by atoms with E-state index >= 15 is 0 Å². The molecule has 5 heteroatoms. The zero-order valence-corrected chi connectivity index (χ0v) is 12.8. The molecule has 0 bridgehead atoms. The van der Waals surface area contributed by atoms with Gasteiger partial charge in [-0.1, -0.05) is 26.2 Å². The summed E-state index contributed by atoms with van der Waals surface area (Å²) in [5.74, 6) is -0.942. The van der Waals surface area contributed by atoms with Crippen molar-refractivity contribution in [1.29, 1.82) is 0 Å². The van der Waals surface area contributed by atoms with Gasteiger partial charge in [-0.25, -0.2) is 8.78 Å². The highest BCUT2D eigenvalue weighted by atomic mass is 28.4. The molecule has 1 aromatic rings. The summed E-state index contributed by atoms with van der Waals surface area (Å²) in [7, 11) is -3.06. The maximum Gasteiger partial charge on any atom is 0.141 e. The van der Waals surface area contributed by atoms with Crippen molar-refractivity contribution in [2.45, 2.75) is 38.3 Å². The maximum absolute atomic E-state index is 13.3. The Kier molecular flexibility index (Phi) is 2.94. The quantitative estimate of drug-likeness (QED) is 0.692. The van der Waals surface area contributed by atoms with Crippen molar-refractivity contribution in [1.82, 2.24) is 0 Å². The summed E-state index contributed by atoms with van der Waals surface area (Å²) >= 11 is 0. The summed E-state index contributed by atoms with van der Waals surface area (Å²) in [6, 6.07) is 6.37. The molecule has 1 fully saturated rings. The number of hydrogen-bond donors (Lipinski definition) is 0. The van der Waals surface area contributed by atoms with Crippen LogP contribution < -0.4 is 4.23 Å². The van der Waals surface area contributed by atoms with Crippen LogP contribution in [0.2, 0.25) is 38.3 Å². The van der Waals surface area contributed by atoms with Crippen LogP contribution in [0.25, 0.3) is 0 Å². The van der Waals surface area contributed by atoms with Crippen LogP contribution in [0.5, 0.6) is 0 Å². The first-order valence-electron chi connectivity index (χ1n) is 5.99. The van der Waals surface area contributed by atoms with Crippen molar-refractivity contribution in [3.05, 3.63) is 29.8 Å². The minimum atomic E-state index is -1.53. The second-order valence-electron chi connectivity index (χ2n) is 6.09. The molecule has 1 heterocycles. The Bertz CT molecular complexity index is 410. The number of hydrogen-bond acceptors (Lipinski definition) is 1. The zero-order valence-electron chi connectivity index (χ0n) is 10.8. The van der Waals surface area contributed by atoms with Gasteiger partial charge in [0, 0.05) is 11.8 Å². The van der Waals surface area contributed by atoms with Crippen molar-refractivity contribution in [3.8, 4) is 0 Å². The minimum Gasteiger partial charge on any atom is -0.424 e. The Morgan fingerprint density at radius 1 is 0.882 bits per heavy atom. The monoisotopic (exact) mass is 271 g/mol. The van der Waals surface area contributed by atoms with E-state index in [4.69, 9.17) is 0 Å². The van der Waals surface area contributed by atoms with Gasteiger partial charge >= 0.3 is 0 Å². The predicted octanol–water partition coefficient (Wildman–Crippen LogP) is 4.20. The van der Waals surface area contributed by atoms with E-state index in [0.29, 0.717) is 0 Å². The van der Waals surface area contributed by atoms with Gasteiger partial charge in [-0.05, 0) is 24.2 Å². The highest BCUT2D eigenvalue weighted by molar-refractivity contribution is 7.04. The van der Waals surface area contributed by atoms with Crippen LogP contribution >= 0.6 is 0 Å². The van der Waals surface area contributed by atoms with Gasteiger partial charge in [-0.3, -0.25) is 0 Å². The lowest BCUT2D eigenvalue weighted by Gasteiger charge is -2.41. The molecule has 1 aliphatic rings. The number of rotatable bonds is 1. The molecule has 0 aromatic heterocycles. The minimum absolute atomic E-state index is 0.471. The van der Waals surface area contributed by atoms with E-state index < -0.39 is 28.1 Å². The molecular weight excluding hydrogens is 252 g/mol. The van der Waals surface area contributed by atoms with Crippen LogP contribution in [0.1, 0.15) is 0 Å². The van der Waals surface area contributed by atoms with Gasteiger partial charge in [0.2, 0.25) is 0 Å². The van der Waals surface area contributed by atoms with Crippen LogP contribution in [0.3, 0.4) is 0 Å². The SMILES string of the molecule is C[Si]1(C)CC[Si](C)(C)N1c1cc(F)cc(F)c1. The van der Waals surface area contributed by atoms with Crippen molar-refractivity contribution in [2.75, 3.05) is 4.23 Å². The van der Waals surface area contributed by atoms with E-state index in [1.807, 2.05) is 0 Å². The molecule has 2 rings (SSSR count). The molecule has 0 saturated carbocycles. The van der Waals surface area contributed by atoms with Crippen molar-refractivity contribution in [2.24, 2.45) is 0 Å². The summed E-state index contributed by atoms with van der Waals surface area (Å²) in [5, 5.41) is 0. The molecule has 1 saturated heterocycles. The Hall–Kier alpha value is -0.686. The summed E-state index contributed by atoms with van der Waals surface area (Å²) in [6.07, 6.45) is 0. The zero-order chi connectivity index (χ0) is 12.8. The standard InChI is InChI=1S/C12H19F2NSi2/c1-16(2)5-6-17(3,4)15(16)12-8-10(13)7-11(14)9-12/h7-9H,5-6H2,1-4H3. The molecule has 0 unspecified atom stereocenters. The van der Waals surface area contributed by atoms with Gasteiger partial charge in [-0.15, -0.1) is 0 Å². The molecule has 17 heavy (non-hydrogen) atoms. The van der Waals surface area contributed by atoms with Gasteiger partial charge in [0.1, 0.15) is 28.1 Å². The molecule has 0 amide bonds. The van der Waals surface area contributed by atoms with E-state index in [1.165, 1.54) is 24.2 Å². The summed E-state index contributed by atoms with van der Waals surface area (Å²) < 4.78 is 29.1. The molecule has 1 nitrogen and oxygen atoms in total.